The molecule has 2 N–H and O–H groups in total. The third kappa shape index (κ3) is 3.71. The predicted octanol–water partition coefficient (Wildman–Crippen LogP) is 2.21. The van der Waals surface area contributed by atoms with Crippen LogP contribution in [0.3, 0.4) is 0 Å². The molecule has 34 heavy (non-hydrogen) atoms. The highest BCUT2D eigenvalue weighted by molar-refractivity contribution is 6.63. The number of ether oxygens (including phenoxy) is 1. The van der Waals surface area contributed by atoms with Gasteiger partial charge in [0.15, 0.2) is 11.6 Å². The van der Waals surface area contributed by atoms with E-state index in [1.807, 2.05) is 29.9 Å². The lowest BCUT2D eigenvalue weighted by molar-refractivity contribution is 0.211. The summed E-state index contributed by atoms with van der Waals surface area (Å²) in [7, 11) is 0.178. The molecular weight excluding hydrogens is 455 g/mol. The Hall–Kier alpha value is -3.08. The number of hydrogen-bond acceptors (Lipinski definition) is 7. The van der Waals surface area contributed by atoms with Gasteiger partial charge < -0.3 is 24.3 Å². The Labute approximate surface area is 202 Å². The summed E-state index contributed by atoms with van der Waals surface area (Å²) in [6.07, 6.45) is 3.68. The summed E-state index contributed by atoms with van der Waals surface area (Å²) >= 11 is 6.54. The molecule has 0 bridgehead atoms. The second-order valence-corrected chi connectivity index (χ2v) is 9.48. The molecule has 11 heteroatoms. The topological polar surface area (TPSA) is 101 Å². The molecular formula is C23H26BClN6O3. The molecule has 4 heterocycles. The van der Waals surface area contributed by atoms with Gasteiger partial charge in [0.25, 0.3) is 0 Å². The molecule has 3 aromatic heterocycles. The highest BCUT2D eigenvalue weighted by atomic mass is 35.5. The Bertz CT molecular complexity index is 1380. The van der Waals surface area contributed by atoms with Gasteiger partial charge in [-0.1, -0.05) is 17.7 Å². The van der Waals surface area contributed by atoms with Gasteiger partial charge in [-0.05, 0) is 39.0 Å². The van der Waals surface area contributed by atoms with E-state index in [0.29, 0.717) is 30.2 Å². The largest absolute Gasteiger partial charge is 0.490 e. The monoisotopic (exact) mass is 480 g/mol. The van der Waals surface area contributed by atoms with E-state index in [-0.39, 0.29) is 16.0 Å². The van der Waals surface area contributed by atoms with Gasteiger partial charge in [-0.2, -0.15) is 5.10 Å². The molecule has 1 aliphatic heterocycles. The van der Waals surface area contributed by atoms with Crippen LogP contribution in [0.5, 0.6) is 5.75 Å². The van der Waals surface area contributed by atoms with Crippen LogP contribution in [0.2, 0.25) is 5.02 Å². The zero-order valence-corrected chi connectivity index (χ0v) is 20.3. The zero-order chi connectivity index (χ0) is 24.2. The van der Waals surface area contributed by atoms with Crippen LogP contribution in [0, 0.1) is 0 Å². The quantitative estimate of drug-likeness (QED) is 0.422. The molecule has 0 aliphatic carbocycles. The Morgan fingerprint density at radius 2 is 2.03 bits per heavy atom. The lowest BCUT2D eigenvalue weighted by Gasteiger charge is -2.43. The van der Waals surface area contributed by atoms with Gasteiger partial charge in [-0.3, -0.25) is 4.68 Å². The standard InChI is InChI=1S/C23H26BClN6O3/c1-5-31-22-18(34-13-23(31,2)3)10-14(11-26-22)21-27-20-17(7-6-16(19(20)25)24(32)33)30(21)12-15-8-9-29(4)28-15/h6-11,32-33H,5,12-13H2,1-4H3. The summed E-state index contributed by atoms with van der Waals surface area (Å²) in [5.74, 6) is 2.14. The Morgan fingerprint density at radius 1 is 1.24 bits per heavy atom. The number of rotatable bonds is 5. The second kappa shape index (κ2) is 8.30. The van der Waals surface area contributed by atoms with Gasteiger partial charge in [0.05, 0.1) is 28.3 Å². The summed E-state index contributed by atoms with van der Waals surface area (Å²) in [5, 5.41) is 24.1. The van der Waals surface area contributed by atoms with Crippen molar-refractivity contribution < 1.29 is 14.8 Å². The number of pyridine rings is 1. The van der Waals surface area contributed by atoms with Gasteiger partial charge in [0.2, 0.25) is 0 Å². The summed E-state index contributed by atoms with van der Waals surface area (Å²) in [5.41, 5.74) is 2.90. The predicted molar refractivity (Wildman–Crippen MR) is 133 cm³/mol. The first-order valence-corrected chi connectivity index (χ1v) is 11.5. The molecule has 1 aliphatic rings. The highest BCUT2D eigenvalue weighted by Crippen LogP contribution is 2.39. The number of likely N-dealkylation sites (N-methyl/N-ethyl adjacent to an activating group) is 1. The molecule has 0 saturated carbocycles. The van der Waals surface area contributed by atoms with Gasteiger partial charge in [0, 0.05) is 37.0 Å². The van der Waals surface area contributed by atoms with Crippen molar-refractivity contribution in [3.8, 4) is 17.1 Å². The third-order valence-corrected chi connectivity index (χ3v) is 6.63. The fraction of sp³-hybridized carbons (Fsp3) is 0.348. The maximum Gasteiger partial charge on any atom is 0.490 e. The Kier molecular flexibility index (Phi) is 5.54. The normalized spacial score (nSPS) is 14.9. The number of imidazole rings is 1. The molecule has 4 aromatic rings. The minimum absolute atomic E-state index is 0.155. The van der Waals surface area contributed by atoms with E-state index >= 15 is 0 Å². The minimum atomic E-state index is -1.69. The average Bonchev–Trinajstić information content (AvgIpc) is 3.37. The molecule has 176 valence electrons. The molecule has 0 fully saturated rings. The van der Waals surface area contributed by atoms with E-state index in [1.165, 1.54) is 0 Å². The van der Waals surface area contributed by atoms with Crippen molar-refractivity contribution in [2.24, 2.45) is 7.05 Å². The molecule has 0 amide bonds. The summed E-state index contributed by atoms with van der Waals surface area (Å²) in [4.78, 5) is 11.8. The molecule has 1 aromatic carbocycles. The number of benzene rings is 1. The van der Waals surface area contributed by atoms with E-state index in [4.69, 9.17) is 26.3 Å². The van der Waals surface area contributed by atoms with Crippen molar-refractivity contribution in [1.82, 2.24) is 24.3 Å². The van der Waals surface area contributed by atoms with Crippen LogP contribution in [-0.2, 0) is 13.6 Å². The number of hydrogen-bond donors (Lipinski definition) is 2. The van der Waals surface area contributed by atoms with Crippen LogP contribution >= 0.6 is 11.6 Å². The second-order valence-electron chi connectivity index (χ2n) is 9.10. The number of aryl methyl sites for hydroxylation is 1. The maximum atomic E-state index is 9.71. The van der Waals surface area contributed by atoms with Gasteiger partial charge in [0.1, 0.15) is 17.9 Å². The fourth-order valence-electron chi connectivity index (χ4n) is 4.53. The Balaban J connectivity index is 1.68. The number of aromatic nitrogens is 5. The van der Waals surface area contributed by atoms with E-state index < -0.39 is 7.12 Å². The minimum Gasteiger partial charge on any atom is -0.487 e. The lowest BCUT2D eigenvalue weighted by atomic mass is 9.80. The molecule has 0 saturated heterocycles. The van der Waals surface area contributed by atoms with Crippen LogP contribution in [0.25, 0.3) is 22.4 Å². The Morgan fingerprint density at radius 3 is 2.71 bits per heavy atom. The highest BCUT2D eigenvalue weighted by Gasteiger charge is 2.34. The van der Waals surface area contributed by atoms with Crippen molar-refractivity contribution >= 4 is 41.0 Å². The first-order valence-electron chi connectivity index (χ1n) is 11.1. The van der Waals surface area contributed by atoms with Crippen LogP contribution in [0.1, 0.15) is 26.5 Å². The first-order chi connectivity index (χ1) is 16.2. The third-order valence-electron chi connectivity index (χ3n) is 6.23. The van der Waals surface area contributed by atoms with Crippen molar-refractivity contribution in [2.75, 3.05) is 18.1 Å². The van der Waals surface area contributed by atoms with Crippen molar-refractivity contribution in [3.63, 3.8) is 0 Å². The summed E-state index contributed by atoms with van der Waals surface area (Å²) in [6, 6.07) is 7.29. The maximum absolute atomic E-state index is 9.71. The van der Waals surface area contributed by atoms with Crippen molar-refractivity contribution in [1.29, 1.82) is 0 Å². The number of anilines is 1. The van der Waals surface area contributed by atoms with E-state index in [1.54, 1.807) is 23.0 Å². The molecule has 0 atom stereocenters. The summed E-state index contributed by atoms with van der Waals surface area (Å²) in [6.45, 7) is 8.19. The number of nitrogens with zero attached hydrogens (tertiary/aromatic N) is 6. The van der Waals surface area contributed by atoms with E-state index in [9.17, 15) is 10.0 Å². The number of fused-ring (bicyclic) bond motifs is 2. The average molecular weight is 481 g/mol. The van der Waals surface area contributed by atoms with Crippen LogP contribution in [0.15, 0.2) is 36.7 Å². The van der Waals surface area contributed by atoms with Crippen LogP contribution in [-0.4, -0.2) is 60.2 Å². The van der Waals surface area contributed by atoms with Gasteiger partial charge in [-0.15, -0.1) is 0 Å². The van der Waals surface area contributed by atoms with E-state index in [2.05, 4.69) is 30.8 Å². The number of halogens is 1. The zero-order valence-electron chi connectivity index (χ0n) is 19.5. The summed E-state index contributed by atoms with van der Waals surface area (Å²) < 4.78 is 9.85. The fourth-order valence-corrected chi connectivity index (χ4v) is 4.83. The molecule has 5 rings (SSSR count). The van der Waals surface area contributed by atoms with Crippen molar-refractivity contribution in [3.05, 3.63) is 47.4 Å². The van der Waals surface area contributed by atoms with E-state index in [0.717, 1.165) is 29.1 Å². The van der Waals surface area contributed by atoms with Crippen LogP contribution < -0.4 is 15.1 Å². The smallest absolute Gasteiger partial charge is 0.487 e. The van der Waals surface area contributed by atoms with Crippen molar-refractivity contribution in [2.45, 2.75) is 32.9 Å². The molecule has 9 nitrogen and oxygen atoms in total. The molecule has 0 unspecified atom stereocenters. The SMILES string of the molecule is CCN1c2ncc(-c3nc4c(Cl)c(B(O)O)ccc4n3Cc3ccn(C)n3)cc2OCC1(C)C. The van der Waals surface area contributed by atoms with Gasteiger partial charge >= 0.3 is 7.12 Å². The first kappa shape index (κ1) is 22.7. The van der Waals surface area contributed by atoms with Gasteiger partial charge in [-0.25, -0.2) is 9.97 Å². The van der Waals surface area contributed by atoms with Crippen LogP contribution in [0.4, 0.5) is 5.82 Å². The molecule has 0 radical (unpaired) electrons. The molecule has 0 spiro atoms. The lowest BCUT2D eigenvalue weighted by Crippen LogP contribution is -2.51.